The van der Waals surface area contributed by atoms with E-state index < -0.39 is 0 Å². The molecule has 0 aromatic carbocycles. The fourth-order valence-corrected chi connectivity index (χ4v) is 4.03. The molecule has 1 amide bonds. The average molecular weight is 351 g/mol. The zero-order valence-electron chi connectivity index (χ0n) is 15.5. The Bertz CT molecular complexity index is 799. The lowest BCUT2D eigenvalue weighted by atomic mass is 10.0. The molecule has 0 bridgehead atoms. The minimum Gasteiger partial charge on any atom is -0.362 e. The lowest BCUT2D eigenvalue weighted by Crippen LogP contribution is -2.40. The van der Waals surface area contributed by atoms with Gasteiger partial charge in [0.25, 0.3) is 0 Å². The topological polar surface area (TPSA) is 62.2 Å². The Morgan fingerprint density at radius 3 is 2.58 bits per heavy atom. The molecule has 2 aromatic rings. The summed E-state index contributed by atoms with van der Waals surface area (Å²) in [4.78, 5) is 30.6. The van der Waals surface area contributed by atoms with E-state index in [1.807, 2.05) is 36.0 Å². The van der Waals surface area contributed by atoms with Crippen LogP contribution in [0.3, 0.4) is 0 Å². The van der Waals surface area contributed by atoms with E-state index in [0.29, 0.717) is 18.3 Å². The van der Waals surface area contributed by atoms with E-state index in [0.717, 1.165) is 42.9 Å². The highest BCUT2D eigenvalue weighted by molar-refractivity contribution is 5.79. The SMILES string of the molecule is CN(C)c1nc(-c2ccncc2)nc2c1CCN(C(=O)C1CCCC1)C2. The molecule has 6 nitrogen and oxygen atoms in total. The van der Waals surface area contributed by atoms with E-state index in [-0.39, 0.29) is 5.92 Å². The standard InChI is InChI=1S/C20H25N5O/c1-24(2)19-16-9-12-25(20(26)15-5-3-4-6-15)13-17(16)22-18(23-19)14-7-10-21-11-8-14/h7-8,10-11,15H,3-6,9,12-13H2,1-2H3. The van der Waals surface area contributed by atoms with Crippen molar-refractivity contribution in [2.45, 2.75) is 38.6 Å². The number of amides is 1. The molecule has 0 N–H and O–H groups in total. The summed E-state index contributed by atoms with van der Waals surface area (Å²) in [6, 6.07) is 3.84. The van der Waals surface area contributed by atoms with E-state index in [2.05, 4.69) is 4.98 Å². The second-order valence-corrected chi connectivity index (χ2v) is 7.42. The van der Waals surface area contributed by atoms with Gasteiger partial charge in [0.2, 0.25) is 5.91 Å². The number of anilines is 1. The van der Waals surface area contributed by atoms with E-state index >= 15 is 0 Å². The first-order valence-corrected chi connectivity index (χ1v) is 9.40. The van der Waals surface area contributed by atoms with Crippen LogP contribution in [-0.2, 0) is 17.8 Å². The first-order chi connectivity index (χ1) is 12.6. The molecule has 1 aliphatic heterocycles. The summed E-state index contributed by atoms with van der Waals surface area (Å²) >= 11 is 0. The molecule has 1 saturated carbocycles. The Kier molecular flexibility index (Phi) is 4.57. The zero-order chi connectivity index (χ0) is 18.1. The summed E-state index contributed by atoms with van der Waals surface area (Å²) in [7, 11) is 4.02. The van der Waals surface area contributed by atoms with Crippen molar-refractivity contribution in [1.29, 1.82) is 0 Å². The number of fused-ring (bicyclic) bond motifs is 1. The van der Waals surface area contributed by atoms with Gasteiger partial charge in [0.1, 0.15) is 5.82 Å². The maximum atomic E-state index is 12.8. The Balaban J connectivity index is 1.68. The van der Waals surface area contributed by atoms with Crippen LogP contribution in [0.25, 0.3) is 11.4 Å². The van der Waals surface area contributed by atoms with Gasteiger partial charge in [0.05, 0.1) is 12.2 Å². The number of carbonyl (C=O) groups is 1. The molecule has 136 valence electrons. The van der Waals surface area contributed by atoms with Crippen LogP contribution in [0.1, 0.15) is 36.9 Å². The summed E-state index contributed by atoms with van der Waals surface area (Å²) in [5.41, 5.74) is 3.10. The molecular weight excluding hydrogens is 326 g/mol. The van der Waals surface area contributed by atoms with Gasteiger partial charge < -0.3 is 9.80 Å². The Hall–Kier alpha value is -2.50. The van der Waals surface area contributed by atoms with Gasteiger partial charge in [-0.05, 0) is 31.4 Å². The van der Waals surface area contributed by atoms with Crippen LogP contribution in [0.2, 0.25) is 0 Å². The van der Waals surface area contributed by atoms with E-state index in [1.54, 1.807) is 12.4 Å². The number of carbonyl (C=O) groups excluding carboxylic acids is 1. The summed E-state index contributed by atoms with van der Waals surface area (Å²) in [6.07, 6.45) is 8.76. The molecule has 1 aliphatic carbocycles. The molecule has 26 heavy (non-hydrogen) atoms. The molecule has 4 rings (SSSR count). The number of nitrogens with zero attached hydrogens (tertiary/aromatic N) is 5. The highest BCUT2D eigenvalue weighted by Crippen LogP contribution is 2.31. The van der Waals surface area contributed by atoms with Crippen molar-refractivity contribution in [1.82, 2.24) is 19.9 Å². The van der Waals surface area contributed by atoms with E-state index in [1.165, 1.54) is 18.4 Å². The number of hydrogen-bond acceptors (Lipinski definition) is 5. The summed E-state index contributed by atoms with van der Waals surface area (Å²) < 4.78 is 0. The van der Waals surface area contributed by atoms with Crippen LogP contribution in [-0.4, -0.2) is 46.4 Å². The fraction of sp³-hybridized carbons (Fsp3) is 0.500. The monoisotopic (exact) mass is 351 g/mol. The molecule has 0 spiro atoms. The zero-order valence-corrected chi connectivity index (χ0v) is 15.5. The molecule has 0 saturated heterocycles. The van der Waals surface area contributed by atoms with Crippen molar-refractivity contribution in [2.75, 3.05) is 25.5 Å². The maximum Gasteiger partial charge on any atom is 0.226 e. The molecule has 0 atom stereocenters. The summed E-state index contributed by atoms with van der Waals surface area (Å²) in [5, 5.41) is 0. The minimum absolute atomic E-state index is 0.214. The number of aromatic nitrogens is 3. The van der Waals surface area contributed by atoms with Crippen LogP contribution in [0.5, 0.6) is 0 Å². The first kappa shape index (κ1) is 16.9. The van der Waals surface area contributed by atoms with E-state index in [4.69, 9.17) is 9.97 Å². The van der Waals surface area contributed by atoms with Crippen molar-refractivity contribution in [3.63, 3.8) is 0 Å². The normalized spacial score (nSPS) is 17.2. The molecule has 0 radical (unpaired) electrons. The minimum atomic E-state index is 0.214. The second kappa shape index (κ2) is 7.02. The Labute approximate surface area is 154 Å². The Morgan fingerprint density at radius 2 is 1.88 bits per heavy atom. The number of hydrogen-bond donors (Lipinski definition) is 0. The van der Waals surface area contributed by atoms with Gasteiger partial charge in [-0.3, -0.25) is 9.78 Å². The van der Waals surface area contributed by atoms with Crippen molar-refractivity contribution >= 4 is 11.7 Å². The molecule has 2 aliphatic rings. The van der Waals surface area contributed by atoms with Crippen LogP contribution < -0.4 is 4.90 Å². The van der Waals surface area contributed by atoms with Gasteiger partial charge in [-0.1, -0.05) is 12.8 Å². The average Bonchev–Trinajstić information content (AvgIpc) is 3.21. The summed E-state index contributed by atoms with van der Waals surface area (Å²) in [5.74, 6) is 2.18. The third-order valence-corrected chi connectivity index (χ3v) is 5.42. The molecular formula is C20H25N5O. The van der Waals surface area contributed by atoms with Crippen molar-refractivity contribution in [2.24, 2.45) is 5.92 Å². The number of rotatable bonds is 3. The van der Waals surface area contributed by atoms with Crippen molar-refractivity contribution in [3.05, 3.63) is 35.8 Å². The lowest BCUT2D eigenvalue weighted by molar-refractivity contribution is -0.136. The van der Waals surface area contributed by atoms with Gasteiger partial charge in [-0.2, -0.15) is 0 Å². The third kappa shape index (κ3) is 3.16. The second-order valence-electron chi connectivity index (χ2n) is 7.42. The van der Waals surface area contributed by atoms with Crippen LogP contribution in [0.15, 0.2) is 24.5 Å². The quantitative estimate of drug-likeness (QED) is 0.851. The largest absolute Gasteiger partial charge is 0.362 e. The van der Waals surface area contributed by atoms with Gasteiger partial charge in [-0.15, -0.1) is 0 Å². The molecule has 6 heteroatoms. The van der Waals surface area contributed by atoms with Gasteiger partial charge in [0, 0.05) is 50.1 Å². The van der Waals surface area contributed by atoms with Crippen molar-refractivity contribution < 1.29 is 4.79 Å². The van der Waals surface area contributed by atoms with E-state index in [9.17, 15) is 4.79 Å². The highest BCUT2D eigenvalue weighted by Gasteiger charge is 2.31. The van der Waals surface area contributed by atoms with Gasteiger partial charge in [-0.25, -0.2) is 9.97 Å². The maximum absolute atomic E-state index is 12.8. The summed E-state index contributed by atoms with van der Waals surface area (Å²) in [6.45, 7) is 1.35. The van der Waals surface area contributed by atoms with Crippen molar-refractivity contribution in [3.8, 4) is 11.4 Å². The molecule has 1 fully saturated rings. The predicted octanol–water partition coefficient (Wildman–Crippen LogP) is 2.68. The van der Waals surface area contributed by atoms with Crippen LogP contribution in [0, 0.1) is 5.92 Å². The van der Waals surface area contributed by atoms with Crippen LogP contribution >= 0.6 is 0 Å². The fourth-order valence-electron chi connectivity index (χ4n) is 4.03. The molecule has 0 unspecified atom stereocenters. The third-order valence-electron chi connectivity index (χ3n) is 5.42. The van der Waals surface area contributed by atoms with Crippen LogP contribution in [0.4, 0.5) is 5.82 Å². The highest BCUT2D eigenvalue weighted by atomic mass is 16.2. The molecule has 3 heterocycles. The van der Waals surface area contributed by atoms with Gasteiger partial charge >= 0.3 is 0 Å². The lowest BCUT2D eigenvalue weighted by Gasteiger charge is -2.32. The number of pyridine rings is 1. The van der Waals surface area contributed by atoms with Gasteiger partial charge in [0.15, 0.2) is 5.82 Å². The Morgan fingerprint density at radius 1 is 1.15 bits per heavy atom. The predicted molar refractivity (Wildman–Crippen MR) is 101 cm³/mol. The first-order valence-electron chi connectivity index (χ1n) is 9.40. The molecule has 2 aromatic heterocycles. The smallest absolute Gasteiger partial charge is 0.226 e.